The molecule has 4 aromatic rings. The molecular weight excluding hydrogens is 1430 g/mol. The average molecular weight is 1540 g/mol. The summed E-state index contributed by atoms with van der Waals surface area (Å²) in [5.74, 6) is -6.96. The molecule has 4 atom stereocenters. The monoisotopic (exact) mass is 1540 g/mol. The quantitative estimate of drug-likeness (QED) is 0.00956. The van der Waals surface area contributed by atoms with Crippen LogP contribution in [-0.4, -0.2) is 298 Å². The number of esters is 6. The van der Waals surface area contributed by atoms with E-state index in [2.05, 4.69) is 46.9 Å². The highest BCUT2D eigenvalue weighted by Crippen LogP contribution is 2.23. The highest BCUT2D eigenvalue weighted by Gasteiger charge is 2.33. The molecule has 0 radical (unpaired) electrons. The number of β-amino-alcohol motifs (C(OH)–C–C–N with tert-alkyl or cyclic N) is 1. The molecule has 2 aromatic heterocycles. The molecule has 2 unspecified atom stereocenters. The van der Waals surface area contributed by atoms with E-state index in [4.69, 9.17) is 33.2 Å². The van der Waals surface area contributed by atoms with Gasteiger partial charge in [0.1, 0.15) is 23.9 Å². The number of nitrogens with zero attached hydrogens (tertiary/aromatic N) is 7. The van der Waals surface area contributed by atoms with Crippen molar-refractivity contribution in [3.05, 3.63) is 87.0 Å². The predicted molar refractivity (Wildman–Crippen MR) is 391 cm³/mol. The van der Waals surface area contributed by atoms with E-state index in [0.717, 1.165) is 32.5 Å². The Hall–Kier alpha value is -9.54. The molecule has 0 spiro atoms. The molecule has 0 aliphatic carbocycles. The summed E-state index contributed by atoms with van der Waals surface area (Å²) in [4.78, 5) is 168. The number of pyridine rings is 1. The summed E-state index contributed by atoms with van der Waals surface area (Å²) in [6, 6.07) is 3.90. The van der Waals surface area contributed by atoms with Crippen LogP contribution in [0.3, 0.4) is 0 Å². The largest absolute Gasteiger partial charge is 0.469 e. The lowest BCUT2D eigenvalue weighted by Gasteiger charge is -2.34. The van der Waals surface area contributed by atoms with E-state index in [9.17, 15) is 71.1 Å². The summed E-state index contributed by atoms with van der Waals surface area (Å²) >= 11 is 0. The second-order valence-corrected chi connectivity index (χ2v) is 27.3. The average Bonchev–Trinajstić information content (AvgIpc) is 0.809. The van der Waals surface area contributed by atoms with Crippen LogP contribution in [0.1, 0.15) is 77.6 Å². The van der Waals surface area contributed by atoms with Crippen molar-refractivity contribution in [2.24, 2.45) is 7.05 Å². The van der Waals surface area contributed by atoms with Gasteiger partial charge in [-0.25, -0.2) is 13.4 Å². The summed E-state index contributed by atoms with van der Waals surface area (Å²) in [6.45, 7) is 7.73. The molecule has 5 rings (SSSR count). The number of sulfonamides is 1. The lowest BCUT2D eigenvalue weighted by molar-refractivity contribution is -0.145. The van der Waals surface area contributed by atoms with Crippen molar-refractivity contribution in [2.45, 2.75) is 108 Å². The topological polar surface area (TPSA) is 456 Å². The third-order valence-corrected chi connectivity index (χ3v) is 19.2. The summed E-state index contributed by atoms with van der Waals surface area (Å²) in [6.07, 6.45) is 2.78. The van der Waals surface area contributed by atoms with Crippen LogP contribution < -0.4 is 47.4 Å². The number of aliphatic hydroxyl groups excluding tert-OH is 1. The van der Waals surface area contributed by atoms with E-state index in [0.29, 0.717) is 68.2 Å². The normalized spacial score (nSPS) is 14.6. The van der Waals surface area contributed by atoms with Crippen LogP contribution in [-0.2, 0) is 111 Å². The number of aliphatic hydroxyl groups is 1. The molecule has 0 saturated carbocycles. The molecule has 1 saturated heterocycles. The number of hydrogen-bond donors (Lipinski definition) is 9. The lowest BCUT2D eigenvalue weighted by atomic mass is 10.1. The van der Waals surface area contributed by atoms with Crippen molar-refractivity contribution < 1.29 is 99.4 Å². The van der Waals surface area contributed by atoms with Crippen molar-refractivity contribution in [3.63, 3.8) is 0 Å². The fourth-order valence-corrected chi connectivity index (χ4v) is 13.3. The number of benzene rings is 2. The van der Waals surface area contributed by atoms with E-state index < -0.39 is 119 Å². The zero-order chi connectivity index (χ0) is 79.5. The molecular formula is C70H105N15O22S. The van der Waals surface area contributed by atoms with Gasteiger partial charge >= 0.3 is 35.8 Å². The van der Waals surface area contributed by atoms with Crippen LogP contribution in [0.4, 0.5) is 5.95 Å². The summed E-state index contributed by atoms with van der Waals surface area (Å²) in [5, 5.41) is 30.9. The number of amides is 5. The highest BCUT2D eigenvalue weighted by molar-refractivity contribution is 7.89. The van der Waals surface area contributed by atoms with E-state index in [1.807, 2.05) is 33.6 Å². The van der Waals surface area contributed by atoms with Crippen molar-refractivity contribution >= 4 is 92.2 Å². The molecule has 0 bridgehead atoms. The van der Waals surface area contributed by atoms with Gasteiger partial charge in [-0.3, -0.25) is 82.5 Å². The molecule has 1 fully saturated rings. The first-order valence-electron chi connectivity index (χ1n) is 35.2. The van der Waals surface area contributed by atoms with Crippen molar-refractivity contribution in [2.75, 3.05) is 166 Å². The minimum atomic E-state index is -4.32. The SMILES string of the molecule is COC(=O)C[C@@H](NC(=O)[C@@H](CC(=O)OC)NC(O)CN1CCN(CC(=O)OC)CCN(CC(=O)OC)CCN(CC(=O)OC)CC1)C(=O)NCCCOCCCNC(=O)CCC(=O)NCCCn1cc(C(=O)NCC(NS(=O)(=O)c2c(C)cc(C)cc2C)C(=O)OC)c(=O)c2ccc(CNc3nccn3C)cc21. The summed E-state index contributed by atoms with van der Waals surface area (Å²) < 4.78 is 68.1. The van der Waals surface area contributed by atoms with Gasteiger partial charge in [0.25, 0.3) is 5.91 Å². The Morgan fingerprint density at radius 2 is 1.11 bits per heavy atom. The number of fused-ring (bicyclic) bond motifs is 1. The molecule has 598 valence electrons. The van der Waals surface area contributed by atoms with Crippen LogP contribution in [0.15, 0.2) is 58.6 Å². The maximum Gasteiger partial charge on any atom is 0.325 e. The van der Waals surface area contributed by atoms with E-state index in [1.165, 1.54) is 27.5 Å². The van der Waals surface area contributed by atoms with Gasteiger partial charge in [-0.2, -0.15) is 4.72 Å². The van der Waals surface area contributed by atoms with Crippen molar-refractivity contribution in [3.8, 4) is 0 Å². The number of methoxy groups -OCH3 is 6. The van der Waals surface area contributed by atoms with Gasteiger partial charge in [0.15, 0.2) is 0 Å². The maximum atomic E-state index is 14.1. The Morgan fingerprint density at radius 1 is 0.602 bits per heavy atom. The zero-order valence-electron chi connectivity index (χ0n) is 63.1. The van der Waals surface area contributed by atoms with Crippen molar-refractivity contribution in [1.29, 1.82) is 0 Å². The number of rotatable bonds is 42. The zero-order valence-corrected chi connectivity index (χ0v) is 63.9. The Bertz CT molecular complexity index is 3840. The Balaban J connectivity index is 1.08. The first kappa shape index (κ1) is 89.1. The number of aryl methyl sites for hydroxylation is 5. The highest BCUT2D eigenvalue weighted by atomic mass is 32.2. The number of nitrogens with one attached hydrogen (secondary N) is 8. The molecule has 38 heteroatoms. The molecule has 9 N–H and O–H groups in total. The van der Waals surface area contributed by atoms with Crippen LogP contribution >= 0.6 is 0 Å². The smallest absolute Gasteiger partial charge is 0.325 e. The van der Waals surface area contributed by atoms with E-state index in [1.54, 1.807) is 65.7 Å². The van der Waals surface area contributed by atoms with Crippen LogP contribution in [0, 0.1) is 20.8 Å². The fourth-order valence-electron chi connectivity index (χ4n) is 11.7. The van der Waals surface area contributed by atoms with Gasteiger partial charge < -0.3 is 79.3 Å². The Kier molecular flexibility index (Phi) is 37.9. The molecule has 2 aromatic carbocycles. The second-order valence-electron chi connectivity index (χ2n) is 25.6. The number of imidazole rings is 1. The van der Waals surface area contributed by atoms with Crippen molar-refractivity contribution in [1.82, 2.24) is 70.3 Å². The first-order chi connectivity index (χ1) is 51.5. The summed E-state index contributed by atoms with van der Waals surface area (Å²) in [5.41, 5.74) is 2.04. The minimum absolute atomic E-state index is 0.0305. The summed E-state index contributed by atoms with van der Waals surface area (Å²) in [7, 11) is 4.57. The maximum absolute atomic E-state index is 14.1. The molecule has 37 nitrogen and oxygen atoms in total. The second kappa shape index (κ2) is 46.0. The van der Waals surface area contributed by atoms with Gasteiger partial charge in [0, 0.05) is 155 Å². The third-order valence-electron chi connectivity index (χ3n) is 17.5. The lowest BCUT2D eigenvalue weighted by Crippen LogP contribution is -2.57. The number of carbonyl (C=O) groups excluding carboxylic acids is 11. The van der Waals surface area contributed by atoms with Gasteiger partial charge in [0.2, 0.25) is 45.0 Å². The molecule has 1 aliphatic rings. The minimum Gasteiger partial charge on any atom is -0.469 e. The molecule has 5 amide bonds. The number of hydrogen-bond acceptors (Lipinski definition) is 29. The number of aromatic nitrogens is 3. The van der Waals surface area contributed by atoms with E-state index >= 15 is 0 Å². The van der Waals surface area contributed by atoms with Crippen LogP contribution in [0.25, 0.3) is 10.9 Å². The predicted octanol–water partition coefficient (Wildman–Crippen LogP) is -2.53. The first-order valence-corrected chi connectivity index (χ1v) is 36.7. The van der Waals surface area contributed by atoms with Gasteiger partial charge in [-0.1, -0.05) is 23.8 Å². The third kappa shape index (κ3) is 30.3. The fraction of sp³-hybridized carbons (Fsp3) is 0.586. The Labute approximate surface area is 627 Å². The van der Waals surface area contributed by atoms with Gasteiger partial charge in [0.05, 0.1) is 91.6 Å². The van der Waals surface area contributed by atoms with Gasteiger partial charge in [-0.15, -0.1) is 0 Å². The van der Waals surface area contributed by atoms with Gasteiger partial charge in [-0.05, 0) is 68.9 Å². The number of carbonyl (C=O) groups is 11. The molecule has 108 heavy (non-hydrogen) atoms. The van der Waals surface area contributed by atoms with Crippen LogP contribution in [0.5, 0.6) is 0 Å². The molecule has 3 heterocycles. The Morgan fingerprint density at radius 3 is 1.62 bits per heavy atom. The molecule has 1 aliphatic heterocycles. The number of anilines is 1. The van der Waals surface area contributed by atoms with E-state index in [-0.39, 0.29) is 133 Å². The number of ether oxygens (including phenoxy) is 7. The standard InChI is InChI=1S/C70H105N15O22S/c1-46-34-47(2)65(48(3)35-46)108(99,100)79-54(69(98)106-10)40-75-66(95)51-41-85(55-36-49(14-15-50(55)64(51)94)39-76-70-74-21-23-80(70)4)22-11-18-71-56(86)16-17-57(87)72-19-12-32-107-33-13-20-73-67(96)52(37-59(89)101-5)78-68(97)53(38-60(90)102-6)77-58(88)42-81-24-26-82(43-61(91)103-7)28-30-84(45-63(93)105-9)31-29-83(27-25-81)44-62(92)104-8/h14-15,21,23,34-36,41,52-54,58,77,79,88H,11-13,16-20,22,24-33,37-40,42-45H2,1-10H3,(H,71,86)(H,72,87)(H,73,96)(H,74,76)(H,75,95)(H,78,97)/t52-,53-,54?,58?/m1/s1. The van der Waals surface area contributed by atoms with Crippen LogP contribution in [0.2, 0.25) is 0 Å².